The molecule has 0 aliphatic heterocycles. The maximum Gasteiger partial charge on any atom is 0.336 e. The second-order valence-corrected chi connectivity index (χ2v) is 8.12. The summed E-state index contributed by atoms with van der Waals surface area (Å²) in [5.74, 6) is 2.01. The molecule has 0 saturated heterocycles. The highest BCUT2D eigenvalue weighted by Crippen LogP contribution is 2.32. The number of rotatable bonds is 7. The summed E-state index contributed by atoms with van der Waals surface area (Å²) in [6, 6.07) is 7.08. The van der Waals surface area contributed by atoms with E-state index in [9.17, 15) is 4.79 Å². The topological polar surface area (TPSA) is 74.1 Å². The number of hydrogen-bond acceptors (Lipinski definition) is 6. The van der Waals surface area contributed by atoms with Crippen LogP contribution < -0.4 is 5.63 Å². The molecule has 3 heterocycles. The van der Waals surface area contributed by atoms with Crippen molar-refractivity contribution in [3.05, 3.63) is 75.5 Å². The molecule has 4 aromatic rings. The first kappa shape index (κ1) is 20.5. The van der Waals surface area contributed by atoms with Gasteiger partial charge in [-0.1, -0.05) is 36.4 Å². The number of fused-ring (bicyclic) bond motifs is 1. The van der Waals surface area contributed by atoms with Gasteiger partial charge in [0.25, 0.3) is 0 Å². The Morgan fingerprint density at radius 3 is 2.80 bits per heavy atom. The Labute approximate surface area is 182 Å². The van der Waals surface area contributed by atoms with Gasteiger partial charge in [0.2, 0.25) is 0 Å². The SMILES string of the molecule is C=CCn1c(SCc2cc(=O)oc3cc(CC)c(Cl)cc23)nnc1-c1ccoc1C. The van der Waals surface area contributed by atoms with Gasteiger partial charge >= 0.3 is 5.63 Å². The van der Waals surface area contributed by atoms with Gasteiger partial charge in [0, 0.05) is 28.8 Å². The summed E-state index contributed by atoms with van der Waals surface area (Å²) in [6.45, 7) is 8.29. The lowest BCUT2D eigenvalue weighted by Gasteiger charge is -2.09. The van der Waals surface area contributed by atoms with E-state index in [4.69, 9.17) is 20.4 Å². The fourth-order valence-corrected chi connectivity index (χ4v) is 4.56. The Balaban J connectivity index is 1.70. The number of thioether (sulfide) groups is 1. The summed E-state index contributed by atoms with van der Waals surface area (Å²) in [4.78, 5) is 12.1. The van der Waals surface area contributed by atoms with Crippen molar-refractivity contribution in [2.45, 2.75) is 37.7 Å². The van der Waals surface area contributed by atoms with E-state index >= 15 is 0 Å². The quantitative estimate of drug-likeness (QED) is 0.210. The van der Waals surface area contributed by atoms with Gasteiger partial charge in [-0.15, -0.1) is 16.8 Å². The molecule has 8 heteroatoms. The zero-order valence-electron chi connectivity index (χ0n) is 16.6. The summed E-state index contributed by atoms with van der Waals surface area (Å²) < 4.78 is 12.8. The molecule has 0 aliphatic carbocycles. The van der Waals surface area contributed by atoms with Gasteiger partial charge in [0.1, 0.15) is 11.3 Å². The Kier molecular flexibility index (Phi) is 5.83. The molecule has 3 aromatic heterocycles. The summed E-state index contributed by atoms with van der Waals surface area (Å²) in [7, 11) is 0. The van der Waals surface area contributed by atoms with Crippen LogP contribution in [0.2, 0.25) is 5.02 Å². The Hall–Kier alpha value is -2.77. The van der Waals surface area contributed by atoms with Gasteiger partial charge in [0.15, 0.2) is 11.0 Å². The second kappa shape index (κ2) is 8.53. The molecule has 0 unspecified atom stereocenters. The van der Waals surface area contributed by atoms with Crippen LogP contribution in [0.1, 0.15) is 23.8 Å². The molecule has 0 fully saturated rings. The molecule has 0 N–H and O–H groups in total. The molecule has 0 bridgehead atoms. The number of halogens is 1. The van der Waals surface area contributed by atoms with E-state index in [-0.39, 0.29) is 5.63 Å². The van der Waals surface area contributed by atoms with E-state index in [0.717, 1.165) is 45.2 Å². The molecule has 0 amide bonds. The molecular weight excluding hydrogens is 422 g/mol. The van der Waals surface area contributed by atoms with Crippen LogP contribution in [0.3, 0.4) is 0 Å². The lowest BCUT2D eigenvalue weighted by atomic mass is 10.1. The van der Waals surface area contributed by atoms with Gasteiger partial charge in [0.05, 0.1) is 11.8 Å². The van der Waals surface area contributed by atoms with E-state index < -0.39 is 0 Å². The fourth-order valence-electron chi connectivity index (χ4n) is 3.33. The number of hydrogen-bond donors (Lipinski definition) is 0. The van der Waals surface area contributed by atoms with Crippen molar-refractivity contribution in [3.8, 4) is 11.4 Å². The maximum atomic E-state index is 12.1. The lowest BCUT2D eigenvalue weighted by Crippen LogP contribution is -2.03. The van der Waals surface area contributed by atoms with Crippen molar-refractivity contribution < 1.29 is 8.83 Å². The van der Waals surface area contributed by atoms with Crippen molar-refractivity contribution in [2.24, 2.45) is 0 Å². The first-order valence-corrected chi connectivity index (χ1v) is 10.8. The number of nitrogens with zero attached hydrogens (tertiary/aromatic N) is 3. The van der Waals surface area contributed by atoms with Crippen molar-refractivity contribution in [1.82, 2.24) is 14.8 Å². The lowest BCUT2D eigenvalue weighted by molar-refractivity contribution is 0.534. The first-order valence-electron chi connectivity index (χ1n) is 9.48. The zero-order valence-corrected chi connectivity index (χ0v) is 18.2. The van der Waals surface area contributed by atoms with Gasteiger partial charge in [-0.3, -0.25) is 4.57 Å². The molecule has 4 rings (SSSR count). The summed E-state index contributed by atoms with van der Waals surface area (Å²) in [5, 5.41) is 10.9. The highest BCUT2D eigenvalue weighted by Gasteiger charge is 2.18. The van der Waals surface area contributed by atoms with Crippen molar-refractivity contribution in [3.63, 3.8) is 0 Å². The molecule has 154 valence electrons. The van der Waals surface area contributed by atoms with Crippen LogP contribution in [0.25, 0.3) is 22.4 Å². The predicted molar refractivity (Wildman–Crippen MR) is 119 cm³/mol. The van der Waals surface area contributed by atoms with E-state index in [1.807, 2.05) is 36.6 Å². The van der Waals surface area contributed by atoms with Crippen molar-refractivity contribution >= 4 is 34.3 Å². The number of aryl methyl sites for hydroxylation is 2. The third kappa shape index (κ3) is 3.82. The van der Waals surface area contributed by atoms with Crippen LogP contribution in [0, 0.1) is 6.92 Å². The minimum Gasteiger partial charge on any atom is -0.469 e. The third-order valence-electron chi connectivity index (χ3n) is 4.86. The molecule has 0 spiro atoms. The largest absolute Gasteiger partial charge is 0.469 e. The Bertz CT molecular complexity index is 1290. The molecule has 0 atom stereocenters. The Morgan fingerprint density at radius 1 is 1.27 bits per heavy atom. The molecule has 1 aromatic carbocycles. The summed E-state index contributed by atoms with van der Waals surface area (Å²) in [6.07, 6.45) is 4.19. The van der Waals surface area contributed by atoms with Gasteiger partial charge in [-0.25, -0.2) is 4.79 Å². The number of furan rings is 1. The van der Waals surface area contributed by atoms with E-state index in [1.165, 1.54) is 17.8 Å². The normalized spacial score (nSPS) is 11.3. The Morgan fingerprint density at radius 2 is 2.10 bits per heavy atom. The number of allylic oxidation sites excluding steroid dienone is 1. The number of aromatic nitrogens is 3. The second-order valence-electron chi connectivity index (χ2n) is 6.77. The van der Waals surface area contributed by atoms with Crippen LogP contribution in [0.5, 0.6) is 0 Å². The highest BCUT2D eigenvalue weighted by atomic mass is 35.5. The standard InChI is InChI=1S/C22H20ClN3O3S/c1-4-7-26-21(16-6-8-28-13(16)3)24-25-22(26)30-12-15-10-20(27)29-19-9-14(5-2)18(23)11-17(15)19/h4,6,8-11H,1,5,7,12H2,2-3H3. The van der Waals surface area contributed by atoms with Crippen LogP contribution >= 0.6 is 23.4 Å². The monoisotopic (exact) mass is 441 g/mol. The molecular formula is C22H20ClN3O3S. The van der Waals surface area contributed by atoms with E-state index in [0.29, 0.717) is 22.9 Å². The molecule has 6 nitrogen and oxygen atoms in total. The smallest absolute Gasteiger partial charge is 0.336 e. The molecule has 0 saturated carbocycles. The molecule has 0 aliphatic rings. The predicted octanol–water partition coefficient (Wildman–Crippen LogP) is 5.65. The summed E-state index contributed by atoms with van der Waals surface area (Å²) in [5.41, 5.74) is 2.83. The van der Waals surface area contributed by atoms with Crippen LogP contribution in [-0.2, 0) is 18.7 Å². The van der Waals surface area contributed by atoms with Gasteiger partial charge in [-0.2, -0.15) is 0 Å². The number of benzene rings is 1. The summed E-state index contributed by atoms with van der Waals surface area (Å²) >= 11 is 7.89. The van der Waals surface area contributed by atoms with E-state index in [1.54, 1.807) is 12.3 Å². The zero-order chi connectivity index (χ0) is 21.3. The minimum absolute atomic E-state index is 0.384. The van der Waals surface area contributed by atoms with E-state index in [2.05, 4.69) is 16.8 Å². The van der Waals surface area contributed by atoms with Crippen molar-refractivity contribution in [1.29, 1.82) is 0 Å². The van der Waals surface area contributed by atoms with Crippen LogP contribution in [0.15, 0.2) is 62.0 Å². The van der Waals surface area contributed by atoms with Crippen molar-refractivity contribution in [2.75, 3.05) is 0 Å². The minimum atomic E-state index is -0.384. The highest BCUT2D eigenvalue weighted by molar-refractivity contribution is 7.98. The first-order chi connectivity index (χ1) is 14.5. The third-order valence-corrected chi connectivity index (χ3v) is 6.23. The van der Waals surface area contributed by atoms with Gasteiger partial charge in [-0.05, 0) is 42.7 Å². The average Bonchev–Trinajstić information content (AvgIpc) is 3.32. The van der Waals surface area contributed by atoms with Crippen LogP contribution in [-0.4, -0.2) is 14.8 Å². The fraction of sp³-hybridized carbons (Fsp3) is 0.227. The van der Waals surface area contributed by atoms with Crippen LogP contribution in [0.4, 0.5) is 0 Å². The molecule has 0 radical (unpaired) electrons. The molecule has 30 heavy (non-hydrogen) atoms. The maximum absolute atomic E-state index is 12.1. The average molecular weight is 442 g/mol. The van der Waals surface area contributed by atoms with Gasteiger partial charge < -0.3 is 8.83 Å².